The quantitative estimate of drug-likeness (QED) is 0.786. The van der Waals surface area contributed by atoms with Crippen LogP contribution in [0, 0.1) is 12.8 Å². The van der Waals surface area contributed by atoms with Crippen LogP contribution >= 0.6 is 0 Å². The third kappa shape index (κ3) is 3.93. The number of rotatable bonds is 6. The molecule has 0 radical (unpaired) electrons. The number of para-hydroxylation sites is 1. The van der Waals surface area contributed by atoms with Crippen molar-refractivity contribution in [3.8, 4) is 0 Å². The predicted octanol–water partition coefficient (Wildman–Crippen LogP) is 2.46. The summed E-state index contributed by atoms with van der Waals surface area (Å²) in [6, 6.07) is 4.78. The van der Waals surface area contributed by atoms with Gasteiger partial charge in [0.2, 0.25) is 5.91 Å². The van der Waals surface area contributed by atoms with Gasteiger partial charge in [0.05, 0.1) is 0 Å². The second kappa shape index (κ2) is 7.47. The van der Waals surface area contributed by atoms with E-state index < -0.39 is 12.1 Å². The fourth-order valence-corrected chi connectivity index (χ4v) is 2.88. The van der Waals surface area contributed by atoms with E-state index in [2.05, 4.69) is 10.6 Å². The van der Waals surface area contributed by atoms with E-state index in [1.807, 2.05) is 45.9 Å². The van der Waals surface area contributed by atoms with Crippen LogP contribution in [0.1, 0.15) is 38.3 Å². The molecule has 0 spiro atoms. The van der Waals surface area contributed by atoms with Crippen LogP contribution in [0.4, 0.5) is 10.5 Å². The fraction of sp³-hybridized carbons (Fsp3) is 0.500. The van der Waals surface area contributed by atoms with E-state index in [9.17, 15) is 14.4 Å². The summed E-state index contributed by atoms with van der Waals surface area (Å²) in [7, 11) is 0. The SMILES string of the molecule is CCc1cccc(C)c1NC(=O)CN1C(=O)NC(CC(C)C)C1=O. The minimum atomic E-state index is -0.532. The van der Waals surface area contributed by atoms with Gasteiger partial charge in [-0.25, -0.2) is 4.79 Å². The summed E-state index contributed by atoms with van der Waals surface area (Å²) in [4.78, 5) is 37.6. The summed E-state index contributed by atoms with van der Waals surface area (Å²) in [5.74, 6) is -0.413. The Morgan fingerprint density at radius 3 is 2.67 bits per heavy atom. The molecule has 1 unspecified atom stereocenters. The molecule has 24 heavy (non-hydrogen) atoms. The zero-order chi connectivity index (χ0) is 17.9. The lowest BCUT2D eigenvalue weighted by atomic mass is 10.0. The zero-order valence-corrected chi connectivity index (χ0v) is 14.7. The number of imide groups is 1. The highest BCUT2D eigenvalue weighted by Gasteiger charge is 2.39. The first kappa shape index (κ1) is 18.0. The van der Waals surface area contributed by atoms with Gasteiger partial charge < -0.3 is 10.6 Å². The Kier molecular flexibility index (Phi) is 5.59. The molecule has 1 fully saturated rings. The van der Waals surface area contributed by atoms with Gasteiger partial charge in [-0.1, -0.05) is 39.0 Å². The number of carbonyl (C=O) groups is 3. The number of nitrogens with zero attached hydrogens (tertiary/aromatic N) is 1. The van der Waals surface area contributed by atoms with E-state index in [-0.39, 0.29) is 24.3 Å². The van der Waals surface area contributed by atoms with Gasteiger partial charge in [-0.05, 0) is 36.8 Å². The van der Waals surface area contributed by atoms with Crippen LogP contribution in [0.3, 0.4) is 0 Å². The van der Waals surface area contributed by atoms with Crippen LogP contribution in [0.5, 0.6) is 0 Å². The summed E-state index contributed by atoms with van der Waals surface area (Å²) >= 11 is 0. The molecule has 6 heteroatoms. The predicted molar refractivity (Wildman–Crippen MR) is 92.7 cm³/mol. The second-order valence-electron chi connectivity index (χ2n) is 6.57. The Balaban J connectivity index is 2.05. The molecule has 0 aromatic heterocycles. The molecule has 1 saturated heterocycles. The Morgan fingerprint density at radius 1 is 1.33 bits per heavy atom. The molecular formula is C18H25N3O3. The zero-order valence-electron chi connectivity index (χ0n) is 14.7. The van der Waals surface area contributed by atoms with Gasteiger partial charge in [0.25, 0.3) is 5.91 Å². The molecule has 1 atom stereocenters. The van der Waals surface area contributed by atoms with Gasteiger partial charge in [-0.3, -0.25) is 14.5 Å². The van der Waals surface area contributed by atoms with Crippen LogP contribution in [0.15, 0.2) is 18.2 Å². The van der Waals surface area contributed by atoms with Crippen LogP contribution in [-0.2, 0) is 16.0 Å². The number of benzene rings is 1. The minimum Gasteiger partial charge on any atom is -0.326 e. The number of hydrogen-bond donors (Lipinski definition) is 2. The maximum absolute atomic E-state index is 12.3. The molecule has 2 N–H and O–H groups in total. The van der Waals surface area contributed by atoms with E-state index >= 15 is 0 Å². The number of carbonyl (C=O) groups excluding carboxylic acids is 3. The average Bonchev–Trinajstić information content (AvgIpc) is 2.76. The molecule has 1 aromatic rings. The monoisotopic (exact) mass is 331 g/mol. The molecular weight excluding hydrogens is 306 g/mol. The molecule has 0 bridgehead atoms. The third-order valence-corrected chi connectivity index (χ3v) is 4.12. The minimum absolute atomic E-state index is 0.267. The Hall–Kier alpha value is -2.37. The Bertz CT molecular complexity index is 655. The Morgan fingerprint density at radius 2 is 2.04 bits per heavy atom. The summed E-state index contributed by atoms with van der Waals surface area (Å²) in [6.07, 6.45) is 1.36. The van der Waals surface area contributed by atoms with Crippen molar-refractivity contribution in [1.82, 2.24) is 10.2 Å². The number of hydrogen-bond acceptors (Lipinski definition) is 3. The first-order valence-electron chi connectivity index (χ1n) is 8.33. The van der Waals surface area contributed by atoms with Crippen LogP contribution in [-0.4, -0.2) is 35.3 Å². The van der Waals surface area contributed by atoms with Crippen molar-refractivity contribution in [1.29, 1.82) is 0 Å². The summed E-state index contributed by atoms with van der Waals surface area (Å²) in [6.45, 7) is 7.63. The molecule has 1 aliphatic rings. The van der Waals surface area contributed by atoms with Gasteiger partial charge in [0, 0.05) is 5.69 Å². The van der Waals surface area contributed by atoms with Crippen molar-refractivity contribution in [3.05, 3.63) is 29.3 Å². The highest BCUT2D eigenvalue weighted by atomic mass is 16.2. The second-order valence-corrected chi connectivity index (χ2v) is 6.57. The molecule has 130 valence electrons. The van der Waals surface area contributed by atoms with Gasteiger partial charge >= 0.3 is 6.03 Å². The molecule has 2 rings (SSSR count). The van der Waals surface area contributed by atoms with Crippen molar-refractivity contribution in [3.63, 3.8) is 0 Å². The smallest absolute Gasteiger partial charge is 0.325 e. The van der Waals surface area contributed by atoms with Crippen molar-refractivity contribution < 1.29 is 14.4 Å². The van der Waals surface area contributed by atoms with E-state index in [0.29, 0.717) is 6.42 Å². The molecule has 6 nitrogen and oxygen atoms in total. The molecule has 0 saturated carbocycles. The van der Waals surface area contributed by atoms with Crippen molar-refractivity contribution in [2.75, 3.05) is 11.9 Å². The maximum Gasteiger partial charge on any atom is 0.325 e. The summed E-state index contributed by atoms with van der Waals surface area (Å²) in [5, 5.41) is 5.49. The topological polar surface area (TPSA) is 78.5 Å². The molecule has 1 aliphatic heterocycles. The number of amides is 4. The first-order valence-corrected chi connectivity index (χ1v) is 8.33. The lowest BCUT2D eigenvalue weighted by Crippen LogP contribution is -2.38. The van der Waals surface area contributed by atoms with Crippen molar-refractivity contribution >= 4 is 23.5 Å². The number of urea groups is 1. The lowest BCUT2D eigenvalue weighted by Gasteiger charge is -2.16. The third-order valence-electron chi connectivity index (χ3n) is 4.12. The number of anilines is 1. The number of aryl methyl sites for hydroxylation is 2. The lowest BCUT2D eigenvalue weighted by molar-refractivity contribution is -0.131. The van der Waals surface area contributed by atoms with Crippen LogP contribution < -0.4 is 10.6 Å². The normalized spacial score (nSPS) is 17.4. The summed E-state index contributed by atoms with van der Waals surface area (Å²) in [5.41, 5.74) is 2.74. The van der Waals surface area contributed by atoms with Crippen molar-refractivity contribution in [2.45, 2.75) is 46.6 Å². The van der Waals surface area contributed by atoms with Gasteiger partial charge in [-0.2, -0.15) is 0 Å². The highest BCUT2D eigenvalue weighted by Crippen LogP contribution is 2.21. The largest absolute Gasteiger partial charge is 0.326 e. The molecule has 4 amide bonds. The molecule has 1 aromatic carbocycles. The molecule has 0 aliphatic carbocycles. The van der Waals surface area contributed by atoms with E-state index in [4.69, 9.17) is 0 Å². The fourth-order valence-electron chi connectivity index (χ4n) is 2.88. The van der Waals surface area contributed by atoms with Crippen LogP contribution in [0.25, 0.3) is 0 Å². The maximum atomic E-state index is 12.3. The summed E-state index contributed by atoms with van der Waals surface area (Å²) < 4.78 is 0. The first-order chi connectivity index (χ1) is 11.3. The number of nitrogens with one attached hydrogen (secondary N) is 2. The standard InChI is InChI=1S/C18H25N3O3/c1-5-13-8-6-7-12(4)16(13)20-15(22)10-21-17(23)14(9-11(2)3)19-18(21)24/h6-8,11,14H,5,9-10H2,1-4H3,(H,19,24)(H,20,22). The van der Waals surface area contributed by atoms with Crippen LogP contribution in [0.2, 0.25) is 0 Å². The van der Waals surface area contributed by atoms with Gasteiger partial charge in [0.15, 0.2) is 0 Å². The van der Waals surface area contributed by atoms with Crippen molar-refractivity contribution in [2.24, 2.45) is 5.92 Å². The average molecular weight is 331 g/mol. The van der Waals surface area contributed by atoms with E-state index in [0.717, 1.165) is 28.1 Å². The van der Waals surface area contributed by atoms with Gasteiger partial charge in [0.1, 0.15) is 12.6 Å². The highest BCUT2D eigenvalue weighted by molar-refractivity contribution is 6.08. The van der Waals surface area contributed by atoms with Gasteiger partial charge in [-0.15, -0.1) is 0 Å². The van der Waals surface area contributed by atoms with E-state index in [1.165, 1.54) is 0 Å². The van der Waals surface area contributed by atoms with E-state index in [1.54, 1.807) is 0 Å². The Labute approximate surface area is 142 Å². The molecule has 1 heterocycles.